The summed E-state index contributed by atoms with van der Waals surface area (Å²) in [6, 6.07) is 14.8. The third-order valence-electron chi connectivity index (χ3n) is 3.13. The van der Waals surface area contributed by atoms with Gasteiger partial charge in [-0.2, -0.15) is 0 Å². The molecule has 0 fully saturated rings. The molecule has 0 unspecified atom stereocenters. The second kappa shape index (κ2) is 3.74. The van der Waals surface area contributed by atoms with Crippen molar-refractivity contribution in [1.29, 1.82) is 0 Å². The Balaban J connectivity index is 2.28. The molecule has 0 spiro atoms. The third kappa shape index (κ3) is 1.62. The molecule has 2 aromatic carbocycles. The molecule has 0 N–H and O–H groups in total. The number of aromatic nitrogens is 2. The Bertz CT molecular complexity index is 666. The molecule has 84 valence electrons. The van der Waals surface area contributed by atoms with E-state index in [9.17, 15) is 0 Å². The minimum absolute atomic E-state index is 1.09. The number of fused-ring (bicyclic) bond motifs is 1. The van der Waals surface area contributed by atoms with Gasteiger partial charge in [-0.15, -0.1) is 0 Å². The van der Waals surface area contributed by atoms with E-state index in [1.807, 2.05) is 19.4 Å². The lowest BCUT2D eigenvalue weighted by Gasteiger charge is -2.05. The summed E-state index contributed by atoms with van der Waals surface area (Å²) in [6.07, 6.45) is 1.87. The molecule has 3 rings (SSSR count). The van der Waals surface area contributed by atoms with Crippen LogP contribution in [0.4, 0.5) is 0 Å². The summed E-state index contributed by atoms with van der Waals surface area (Å²) in [4.78, 5) is 4.42. The molecule has 0 aliphatic heterocycles. The highest BCUT2D eigenvalue weighted by atomic mass is 15.0. The first-order valence-electron chi connectivity index (χ1n) is 5.73. The van der Waals surface area contributed by atoms with E-state index < -0.39 is 0 Å². The summed E-state index contributed by atoms with van der Waals surface area (Å²) in [6.45, 7) is 2.11. The Morgan fingerprint density at radius 3 is 2.53 bits per heavy atom. The molecule has 0 amide bonds. The van der Waals surface area contributed by atoms with E-state index in [4.69, 9.17) is 0 Å². The van der Waals surface area contributed by atoms with Crippen molar-refractivity contribution in [3.05, 3.63) is 54.4 Å². The molecular weight excluding hydrogens is 208 g/mol. The summed E-state index contributed by atoms with van der Waals surface area (Å²) in [5.41, 5.74) is 6.00. The highest BCUT2D eigenvalue weighted by Crippen LogP contribution is 2.26. The van der Waals surface area contributed by atoms with E-state index in [1.165, 1.54) is 22.2 Å². The smallest absolute Gasteiger partial charge is 0.0955 e. The van der Waals surface area contributed by atoms with Crippen molar-refractivity contribution in [2.75, 3.05) is 0 Å². The first kappa shape index (κ1) is 10.1. The molecule has 0 radical (unpaired) electrons. The lowest BCUT2D eigenvalue weighted by molar-refractivity contribution is 0.948. The van der Waals surface area contributed by atoms with E-state index in [0.717, 1.165) is 5.52 Å². The van der Waals surface area contributed by atoms with Gasteiger partial charge in [0.2, 0.25) is 0 Å². The highest BCUT2D eigenvalue weighted by molar-refractivity contribution is 5.85. The van der Waals surface area contributed by atoms with Gasteiger partial charge >= 0.3 is 0 Å². The van der Waals surface area contributed by atoms with E-state index in [-0.39, 0.29) is 0 Å². The van der Waals surface area contributed by atoms with Gasteiger partial charge in [-0.1, -0.05) is 30.3 Å². The maximum Gasteiger partial charge on any atom is 0.0955 e. The normalized spacial score (nSPS) is 10.9. The summed E-state index contributed by atoms with van der Waals surface area (Å²) in [5.74, 6) is 0. The van der Waals surface area contributed by atoms with Gasteiger partial charge in [0.25, 0.3) is 0 Å². The van der Waals surface area contributed by atoms with Crippen LogP contribution in [-0.4, -0.2) is 9.55 Å². The largest absolute Gasteiger partial charge is 0.334 e. The SMILES string of the molecule is Cc1cc(-c2ccccc2)cc2c1ncn2C. The van der Waals surface area contributed by atoms with Gasteiger partial charge in [0.05, 0.1) is 17.4 Å². The Hall–Kier alpha value is -2.09. The standard InChI is InChI=1S/C15H14N2/c1-11-8-13(12-6-4-3-5-7-12)9-14-15(11)16-10-17(14)2/h3-10H,1-2H3. The summed E-state index contributed by atoms with van der Waals surface area (Å²) in [7, 11) is 2.03. The van der Waals surface area contributed by atoms with Crippen molar-refractivity contribution in [3.8, 4) is 11.1 Å². The van der Waals surface area contributed by atoms with E-state index in [2.05, 4.69) is 52.9 Å². The number of aryl methyl sites for hydroxylation is 2. The van der Waals surface area contributed by atoms with E-state index in [1.54, 1.807) is 0 Å². The zero-order chi connectivity index (χ0) is 11.8. The van der Waals surface area contributed by atoms with Crippen molar-refractivity contribution in [2.45, 2.75) is 6.92 Å². The third-order valence-corrected chi connectivity index (χ3v) is 3.13. The lowest BCUT2D eigenvalue weighted by atomic mass is 10.0. The predicted octanol–water partition coefficient (Wildman–Crippen LogP) is 3.55. The molecule has 1 heterocycles. The fourth-order valence-electron chi connectivity index (χ4n) is 2.20. The van der Waals surface area contributed by atoms with Gasteiger partial charge in [-0.25, -0.2) is 4.98 Å². The Kier molecular flexibility index (Phi) is 2.22. The number of hydrogen-bond acceptors (Lipinski definition) is 1. The van der Waals surface area contributed by atoms with Crippen molar-refractivity contribution in [1.82, 2.24) is 9.55 Å². The Labute approximate surface area is 101 Å². The van der Waals surface area contributed by atoms with Gasteiger partial charge in [-0.05, 0) is 35.7 Å². The molecule has 0 saturated heterocycles. The molecule has 1 aromatic heterocycles. The molecule has 0 atom stereocenters. The van der Waals surface area contributed by atoms with Crippen LogP contribution < -0.4 is 0 Å². The number of imidazole rings is 1. The van der Waals surface area contributed by atoms with Crippen molar-refractivity contribution >= 4 is 11.0 Å². The molecule has 3 aromatic rings. The summed E-state index contributed by atoms with van der Waals surface area (Å²) >= 11 is 0. The second-order valence-electron chi connectivity index (χ2n) is 4.38. The molecule has 0 aliphatic carbocycles. The fourth-order valence-corrected chi connectivity index (χ4v) is 2.20. The maximum absolute atomic E-state index is 4.42. The average molecular weight is 222 g/mol. The van der Waals surface area contributed by atoms with Crippen LogP contribution in [0.2, 0.25) is 0 Å². The molecule has 2 heteroatoms. The summed E-state index contributed by atoms with van der Waals surface area (Å²) in [5, 5.41) is 0. The number of hydrogen-bond donors (Lipinski definition) is 0. The molecular formula is C15H14N2. The second-order valence-corrected chi connectivity index (χ2v) is 4.38. The first-order chi connectivity index (χ1) is 8.25. The van der Waals surface area contributed by atoms with E-state index in [0.29, 0.717) is 0 Å². The molecule has 17 heavy (non-hydrogen) atoms. The quantitative estimate of drug-likeness (QED) is 0.615. The zero-order valence-corrected chi connectivity index (χ0v) is 10.0. The van der Waals surface area contributed by atoms with Crippen LogP contribution in [0, 0.1) is 6.92 Å². The van der Waals surface area contributed by atoms with Gasteiger partial charge in [0.15, 0.2) is 0 Å². The van der Waals surface area contributed by atoms with Gasteiger partial charge in [0, 0.05) is 7.05 Å². The molecule has 0 saturated carbocycles. The minimum Gasteiger partial charge on any atom is -0.334 e. The van der Waals surface area contributed by atoms with Crippen LogP contribution in [0.1, 0.15) is 5.56 Å². The number of nitrogens with zero attached hydrogens (tertiary/aromatic N) is 2. The number of benzene rings is 2. The zero-order valence-electron chi connectivity index (χ0n) is 10.0. The van der Waals surface area contributed by atoms with Crippen molar-refractivity contribution < 1.29 is 0 Å². The van der Waals surface area contributed by atoms with Crippen molar-refractivity contribution in [2.24, 2.45) is 7.05 Å². The average Bonchev–Trinajstić information content (AvgIpc) is 2.73. The number of rotatable bonds is 1. The minimum atomic E-state index is 1.09. The Morgan fingerprint density at radius 1 is 1.00 bits per heavy atom. The maximum atomic E-state index is 4.42. The summed E-state index contributed by atoms with van der Waals surface area (Å²) < 4.78 is 2.06. The lowest BCUT2D eigenvalue weighted by Crippen LogP contribution is -1.87. The van der Waals surface area contributed by atoms with Gasteiger partial charge in [-0.3, -0.25) is 0 Å². The predicted molar refractivity (Wildman–Crippen MR) is 70.9 cm³/mol. The van der Waals surface area contributed by atoms with E-state index >= 15 is 0 Å². The molecule has 0 bridgehead atoms. The monoisotopic (exact) mass is 222 g/mol. The van der Waals surface area contributed by atoms with Crippen LogP contribution in [0.15, 0.2) is 48.8 Å². The highest BCUT2D eigenvalue weighted by Gasteiger charge is 2.06. The van der Waals surface area contributed by atoms with Crippen molar-refractivity contribution in [3.63, 3.8) is 0 Å². The van der Waals surface area contributed by atoms with Crippen LogP contribution >= 0.6 is 0 Å². The molecule has 0 aliphatic rings. The van der Waals surface area contributed by atoms with Gasteiger partial charge in [0.1, 0.15) is 0 Å². The van der Waals surface area contributed by atoms with Gasteiger partial charge < -0.3 is 4.57 Å². The first-order valence-corrected chi connectivity index (χ1v) is 5.73. The Morgan fingerprint density at radius 2 is 1.76 bits per heavy atom. The van der Waals surface area contributed by atoms with Crippen LogP contribution in [0.3, 0.4) is 0 Å². The van der Waals surface area contributed by atoms with Crippen LogP contribution in [-0.2, 0) is 7.05 Å². The topological polar surface area (TPSA) is 17.8 Å². The van der Waals surface area contributed by atoms with Crippen LogP contribution in [0.25, 0.3) is 22.2 Å². The fraction of sp³-hybridized carbons (Fsp3) is 0.133. The van der Waals surface area contributed by atoms with Crippen LogP contribution in [0.5, 0.6) is 0 Å². The molecule has 2 nitrogen and oxygen atoms in total.